The van der Waals surface area contributed by atoms with Crippen LogP contribution in [0.25, 0.3) is 22.0 Å². The van der Waals surface area contributed by atoms with Crippen LogP contribution in [0.5, 0.6) is 5.75 Å². The fourth-order valence-electron chi connectivity index (χ4n) is 3.58. The highest BCUT2D eigenvalue weighted by Crippen LogP contribution is 2.41. The van der Waals surface area contributed by atoms with Gasteiger partial charge >= 0.3 is 6.18 Å². The molecule has 2 heterocycles. The molecule has 152 valence electrons. The Hall–Kier alpha value is -3.01. The third-order valence-corrected chi connectivity index (χ3v) is 4.93. The van der Waals surface area contributed by atoms with Gasteiger partial charge in [0, 0.05) is 29.2 Å². The summed E-state index contributed by atoms with van der Waals surface area (Å²) in [6.07, 6.45) is -0.901. The normalized spacial score (nSPS) is 21.8. The van der Waals surface area contributed by atoms with Crippen molar-refractivity contribution >= 4 is 16.6 Å². The van der Waals surface area contributed by atoms with E-state index in [1.54, 1.807) is 6.92 Å². The highest BCUT2D eigenvalue weighted by atomic mass is 19.4. The third kappa shape index (κ3) is 3.55. The molecule has 1 aliphatic carbocycles. The van der Waals surface area contributed by atoms with Crippen molar-refractivity contribution in [2.45, 2.75) is 37.6 Å². The standard InChI is InChI=1S/C19H16F4N4O2/c1-18(29)6-10(7-18)25-17-12-8-24-3-2-11(12)16(26-27-17)15-13(20)4-9(5-14(15)28)19(21,22)23/h2-5,8,10,28-29H,6-7H2,1H3,(H,25,27). The van der Waals surface area contributed by atoms with Crippen molar-refractivity contribution in [3.8, 4) is 17.0 Å². The summed E-state index contributed by atoms with van der Waals surface area (Å²) in [6.45, 7) is 1.72. The molecule has 0 unspecified atom stereocenters. The van der Waals surface area contributed by atoms with Crippen LogP contribution < -0.4 is 5.32 Å². The first-order chi connectivity index (χ1) is 13.5. The summed E-state index contributed by atoms with van der Waals surface area (Å²) in [5, 5.41) is 31.9. The van der Waals surface area contributed by atoms with Gasteiger partial charge in [-0.2, -0.15) is 13.2 Å². The first-order valence-corrected chi connectivity index (χ1v) is 8.74. The Balaban J connectivity index is 1.79. The monoisotopic (exact) mass is 408 g/mol. The van der Waals surface area contributed by atoms with E-state index in [-0.39, 0.29) is 11.7 Å². The maximum absolute atomic E-state index is 14.5. The number of rotatable bonds is 3. The minimum atomic E-state index is -4.80. The number of fused-ring (bicyclic) bond motifs is 1. The summed E-state index contributed by atoms with van der Waals surface area (Å²) in [7, 11) is 0. The van der Waals surface area contributed by atoms with Crippen LogP contribution in [-0.4, -0.2) is 37.0 Å². The fraction of sp³-hybridized carbons (Fsp3) is 0.316. The number of pyridine rings is 1. The van der Waals surface area contributed by atoms with Crippen LogP contribution in [0.4, 0.5) is 23.4 Å². The van der Waals surface area contributed by atoms with Gasteiger partial charge in [-0.05, 0) is 38.0 Å². The zero-order valence-electron chi connectivity index (χ0n) is 15.1. The maximum atomic E-state index is 14.5. The Morgan fingerprint density at radius 2 is 1.90 bits per heavy atom. The lowest BCUT2D eigenvalue weighted by Gasteiger charge is -2.41. The minimum absolute atomic E-state index is 0.0373. The van der Waals surface area contributed by atoms with Crippen LogP contribution >= 0.6 is 0 Å². The second-order valence-corrected chi connectivity index (χ2v) is 7.41. The van der Waals surface area contributed by atoms with Crippen LogP contribution in [-0.2, 0) is 6.18 Å². The van der Waals surface area contributed by atoms with Crippen LogP contribution in [0.15, 0.2) is 30.6 Å². The maximum Gasteiger partial charge on any atom is 0.416 e. The Labute approximate surface area is 162 Å². The van der Waals surface area contributed by atoms with E-state index in [1.807, 2.05) is 0 Å². The Kier molecular flexibility index (Phi) is 4.34. The first kappa shape index (κ1) is 19.3. The second kappa shape index (κ2) is 6.51. The molecule has 6 nitrogen and oxygen atoms in total. The summed E-state index contributed by atoms with van der Waals surface area (Å²) in [5.41, 5.74) is -2.63. The van der Waals surface area contributed by atoms with Crippen molar-refractivity contribution in [2.24, 2.45) is 0 Å². The van der Waals surface area contributed by atoms with E-state index in [4.69, 9.17) is 0 Å². The molecule has 2 aromatic heterocycles. The summed E-state index contributed by atoms with van der Waals surface area (Å²) in [4.78, 5) is 4.02. The Morgan fingerprint density at radius 1 is 1.17 bits per heavy atom. The highest BCUT2D eigenvalue weighted by molar-refractivity contribution is 6.00. The van der Waals surface area contributed by atoms with E-state index in [2.05, 4.69) is 20.5 Å². The number of aromatic nitrogens is 3. The van der Waals surface area contributed by atoms with E-state index >= 15 is 0 Å². The molecule has 3 aromatic rings. The molecule has 29 heavy (non-hydrogen) atoms. The van der Waals surface area contributed by atoms with Crippen molar-refractivity contribution < 1.29 is 27.8 Å². The quantitative estimate of drug-likeness (QED) is 0.570. The van der Waals surface area contributed by atoms with Crippen molar-refractivity contribution in [3.63, 3.8) is 0 Å². The predicted molar refractivity (Wildman–Crippen MR) is 96.7 cm³/mol. The summed E-state index contributed by atoms with van der Waals surface area (Å²) >= 11 is 0. The molecule has 0 radical (unpaired) electrons. The van der Waals surface area contributed by atoms with E-state index in [0.717, 1.165) is 0 Å². The summed E-state index contributed by atoms with van der Waals surface area (Å²) in [6, 6.07) is 2.24. The number of nitrogens with zero attached hydrogens (tertiary/aromatic N) is 3. The lowest BCUT2D eigenvalue weighted by Crippen LogP contribution is -2.48. The molecule has 1 aromatic carbocycles. The first-order valence-electron chi connectivity index (χ1n) is 8.74. The molecule has 0 aliphatic heterocycles. The average molecular weight is 408 g/mol. The zero-order valence-corrected chi connectivity index (χ0v) is 15.1. The SMILES string of the molecule is CC1(O)CC(Nc2nnc(-c3c(O)cc(C(F)(F)F)cc3F)c3ccncc23)C1. The molecule has 10 heteroatoms. The molecule has 1 saturated carbocycles. The van der Waals surface area contributed by atoms with Crippen molar-refractivity contribution in [3.05, 3.63) is 42.0 Å². The predicted octanol–water partition coefficient (Wildman–Crippen LogP) is 3.88. The van der Waals surface area contributed by atoms with Gasteiger partial charge in [-0.1, -0.05) is 0 Å². The van der Waals surface area contributed by atoms with Gasteiger partial charge in [0.2, 0.25) is 0 Å². The van der Waals surface area contributed by atoms with Gasteiger partial charge in [-0.15, -0.1) is 10.2 Å². The van der Waals surface area contributed by atoms with Gasteiger partial charge in [0.05, 0.1) is 16.7 Å². The lowest BCUT2D eigenvalue weighted by molar-refractivity contribution is -0.137. The van der Waals surface area contributed by atoms with Crippen molar-refractivity contribution in [2.75, 3.05) is 5.32 Å². The number of aromatic hydroxyl groups is 1. The molecule has 1 aliphatic rings. The number of phenols is 1. The molecular formula is C19H16F4N4O2. The number of aliphatic hydroxyl groups is 1. The Bertz CT molecular complexity index is 1070. The molecule has 0 saturated heterocycles. The van der Waals surface area contributed by atoms with Gasteiger partial charge in [-0.25, -0.2) is 4.39 Å². The van der Waals surface area contributed by atoms with Crippen LogP contribution in [0.3, 0.4) is 0 Å². The molecule has 1 fully saturated rings. The van der Waals surface area contributed by atoms with Gasteiger partial charge in [0.25, 0.3) is 0 Å². The van der Waals surface area contributed by atoms with Gasteiger partial charge in [0.15, 0.2) is 5.82 Å². The second-order valence-electron chi connectivity index (χ2n) is 7.41. The molecule has 0 spiro atoms. The lowest BCUT2D eigenvalue weighted by atomic mass is 9.77. The third-order valence-electron chi connectivity index (χ3n) is 4.93. The van der Waals surface area contributed by atoms with E-state index < -0.39 is 34.5 Å². The topological polar surface area (TPSA) is 91.2 Å². The largest absolute Gasteiger partial charge is 0.507 e. The van der Waals surface area contributed by atoms with Crippen LogP contribution in [0, 0.1) is 5.82 Å². The van der Waals surface area contributed by atoms with Gasteiger partial charge in [-0.3, -0.25) is 4.98 Å². The summed E-state index contributed by atoms with van der Waals surface area (Å²) < 4.78 is 53.1. The van der Waals surface area contributed by atoms with Crippen LogP contribution in [0.2, 0.25) is 0 Å². The number of benzene rings is 1. The van der Waals surface area contributed by atoms with Gasteiger partial charge in [0.1, 0.15) is 17.3 Å². The minimum Gasteiger partial charge on any atom is -0.507 e. The number of nitrogens with one attached hydrogen (secondary N) is 1. The van der Waals surface area contributed by atoms with E-state index in [0.29, 0.717) is 41.6 Å². The molecule has 3 N–H and O–H groups in total. The molecule has 0 amide bonds. The number of hydrogen-bond donors (Lipinski definition) is 3. The number of hydrogen-bond acceptors (Lipinski definition) is 6. The van der Waals surface area contributed by atoms with Crippen molar-refractivity contribution in [1.82, 2.24) is 15.2 Å². The summed E-state index contributed by atoms with van der Waals surface area (Å²) in [5.74, 6) is -1.80. The zero-order chi connectivity index (χ0) is 21.0. The molecule has 0 bridgehead atoms. The number of halogens is 4. The van der Waals surface area contributed by atoms with Crippen molar-refractivity contribution in [1.29, 1.82) is 0 Å². The molecule has 4 rings (SSSR count). The molecule has 0 atom stereocenters. The smallest absolute Gasteiger partial charge is 0.416 e. The highest BCUT2D eigenvalue weighted by Gasteiger charge is 2.39. The average Bonchev–Trinajstić information content (AvgIpc) is 2.60. The Morgan fingerprint density at radius 3 is 2.52 bits per heavy atom. The van der Waals surface area contributed by atoms with E-state index in [1.165, 1.54) is 18.5 Å². The number of alkyl halides is 3. The van der Waals surface area contributed by atoms with Crippen LogP contribution in [0.1, 0.15) is 25.3 Å². The molecular weight excluding hydrogens is 392 g/mol. The number of anilines is 1. The number of phenolic OH excluding ortho intramolecular Hbond substituents is 1. The van der Waals surface area contributed by atoms with E-state index in [9.17, 15) is 27.8 Å². The van der Waals surface area contributed by atoms with Gasteiger partial charge < -0.3 is 15.5 Å². The fourth-order valence-corrected chi connectivity index (χ4v) is 3.58.